The number of fused-ring (bicyclic) bond motifs is 1. The number of nitrogens with zero attached hydrogens (tertiary/aromatic N) is 4. The van der Waals surface area contributed by atoms with E-state index in [-0.39, 0.29) is 0 Å². The Kier molecular flexibility index (Phi) is 8.16. The fourth-order valence-corrected chi connectivity index (χ4v) is 6.16. The van der Waals surface area contributed by atoms with Crippen LogP contribution < -0.4 is 10.2 Å². The first-order valence-corrected chi connectivity index (χ1v) is 14.1. The van der Waals surface area contributed by atoms with Gasteiger partial charge in [0.05, 0.1) is 11.6 Å². The molecule has 0 radical (unpaired) electrons. The van der Waals surface area contributed by atoms with Crippen molar-refractivity contribution in [2.45, 2.75) is 39.5 Å². The van der Waals surface area contributed by atoms with Crippen LogP contribution in [0.2, 0.25) is 0 Å². The summed E-state index contributed by atoms with van der Waals surface area (Å²) in [5, 5.41) is 6.00. The molecule has 2 aromatic heterocycles. The lowest BCUT2D eigenvalue weighted by Gasteiger charge is -2.31. The van der Waals surface area contributed by atoms with Crippen LogP contribution in [0.3, 0.4) is 0 Å². The summed E-state index contributed by atoms with van der Waals surface area (Å²) < 4.78 is 6.03. The molecule has 0 aliphatic carbocycles. The average molecular weight is 494 g/mol. The molecular weight excluding hydrogens is 454 g/mol. The second-order valence-electron chi connectivity index (χ2n) is 10.4. The largest absolute Gasteiger partial charge is 0.380 e. The molecule has 2 saturated heterocycles. The minimum absolute atomic E-state index is 0.580. The first-order valence-electron chi connectivity index (χ1n) is 13.3. The maximum absolute atomic E-state index is 6.03. The summed E-state index contributed by atoms with van der Waals surface area (Å²) in [6, 6.07) is 10.6. The summed E-state index contributed by atoms with van der Waals surface area (Å²) in [7, 11) is 0. The molecule has 0 amide bonds. The highest BCUT2D eigenvalue weighted by Gasteiger charge is 2.23. The lowest BCUT2D eigenvalue weighted by molar-refractivity contribution is 0.0752. The highest BCUT2D eigenvalue weighted by atomic mass is 32.1. The highest BCUT2D eigenvalue weighted by molar-refractivity contribution is 7.23. The smallest absolute Gasteiger partial charge is 0.226 e. The van der Waals surface area contributed by atoms with E-state index in [1.165, 1.54) is 42.1 Å². The molecule has 3 aromatic rings. The first-order chi connectivity index (χ1) is 17.2. The van der Waals surface area contributed by atoms with Crippen LogP contribution in [-0.2, 0) is 4.74 Å². The van der Waals surface area contributed by atoms with Crippen LogP contribution in [0, 0.1) is 11.8 Å². The molecule has 6 nitrogen and oxygen atoms in total. The zero-order chi connectivity index (χ0) is 24.0. The van der Waals surface area contributed by atoms with Crippen LogP contribution in [0.25, 0.3) is 21.3 Å². The Morgan fingerprint density at radius 3 is 2.60 bits per heavy atom. The van der Waals surface area contributed by atoms with Gasteiger partial charge >= 0.3 is 0 Å². The van der Waals surface area contributed by atoms with Crippen molar-refractivity contribution in [2.24, 2.45) is 11.8 Å². The van der Waals surface area contributed by atoms with Gasteiger partial charge < -0.3 is 19.9 Å². The van der Waals surface area contributed by atoms with Gasteiger partial charge in [-0.3, -0.25) is 0 Å². The van der Waals surface area contributed by atoms with E-state index in [0.29, 0.717) is 11.8 Å². The van der Waals surface area contributed by atoms with Crippen molar-refractivity contribution in [1.82, 2.24) is 14.9 Å². The fraction of sp³-hybridized carbons (Fsp3) is 0.571. The molecule has 2 fully saturated rings. The van der Waals surface area contributed by atoms with Gasteiger partial charge in [0.25, 0.3) is 0 Å². The number of likely N-dealkylation sites (tertiary alicyclic amines) is 1. The number of aromatic nitrogens is 2. The van der Waals surface area contributed by atoms with Gasteiger partial charge in [0.2, 0.25) is 5.95 Å². The SMILES string of the molecule is CC(C)CNc1sc2nc(N3CCC(COCCN4CCCC4)CC3)ncc2c1-c1ccccc1. The maximum Gasteiger partial charge on any atom is 0.226 e. The molecule has 4 heterocycles. The number of piperidine rings is 1. The number of anilines is 2. The lowest BCUT2D eigenvalue weighted by Crippen LogP contribution is -2.36. The monoisotopic (exact) mass is 493 g/mol. The van der Waals surface area contributed by atoms with E-state index in [1.807, 2.05) is 6.20 Å². The molecule has 0 atom stereocenters. The number of hydrogen-bond acceptors (Lipinski definition) is 7. The molecule has 2 aliphatic heterocycles. The van der Waals surface area contributed by atoms with Crippen LogP contribution >= 0.6 is 11.3 Å². The van der Waals surface area contributed by atoms with Crippen molar-refractivity contribution >= 4 is 32.5 Å². The van der Waals surface area contributed by atoms with Gasteiger partial charge in [-0.2, -0.15) is 0 Å². The predicted molar refractivity (Wildman–Crippen MR) is 148 cm³/mol. The summed E-state index contributed by atoms with van der Waals surface area (Å²) in [6.45, 7) is 12.8. The molecule has 1 aromatic carbocycles. The number of thiophene rings is 1. The number of nitrogens with one attached hydrogen (secondary N) is 1. The standard InChI is InChI=1S/C28H39N5OS/c1-21(2)18-29-27-25(23-8-4-3-5-9-23)24-19-30-28(31-26(24)35-27)33-14-10-22(11-15-33)20-34-17-16-32-12-6-7-13-32/h3-5,8-9,19,21-22,29H,6-7,10-18,20H2,1-2H3. The second-order valence-corrected chi connectivity index (χ2v) is 11.4. The molecule has 0 saturated carbocycles. The number of benzene rings is 1. The Morgan fingerprint density at radius 2 is 1.86 bits per heavy atom. The molecule has 5 rings (SSSR count). The van der Waals surface area contributed by atoms with Gasteiger partial charge in [0.1, 0.15) is 4.83 Å². The summed E-state index contributed by atoms with van der Waals surface area (Å²) in [5.41, 5.74) is 2.44. The summed E-state index contributed by atoms with van der Waals surface area (Å²) in [6.07, 6.45) is 7.02. The summed E-state index contributed by atoms with van der Waals surface area (Å²) >= 11 is 1.75. The fourth-order valence-electron chi connectivity index (χ4n) is 5.09. The van der Waals surface area contributed by atoms with E-state index in [2.05, 4.69) is 59.3 Å². The molecule has 0 bridgehead atoms. The maximum atomic E-state index is 6.03. The van der Waals surface area contributed by atoms with Crippen molar-refractivity contribution in [3.8, 4) is 11.1 Å². The first kappa shape index (κ1) is 24.5. The van der Waals surface area contributed by atoms with E-state index in [0.717, 1.165) is 68.4 Å². The van der Waals surface area contributed by atoms with E-state index in [9.17, 15) is 0 Å². The Bertz CT molecular complexity index is 1070. The van der Waals surface area contributed by atoms with Crippen LogP contribution in [0.4, 0.5) is 10.9 Å². The lowest BCUT2D eigenvalue weighted by atomic mass is 9.98. The Hall–Kier alpha value is -2.22. The van der Waals surface area contributed by atoms with E-state index in [1.54, 1.807) is 11.3 Å². The number of rotatable bonds is 10. The van der Waals surface area contributed by atoms with Crippen molar-refractivity contribution in [3.05, 3.63) is 36.5 Å². The van der Waals surface area contributed by atoms with Crippen molar-refractivity contribution < 1.29 is 4.74 Å². The van der Waals surface area contributed by atoms with Crippen LogP contribution in [0.15, 0.2) is 36.5 Å². The van der Waals surface area contributed by atoms with Crippen LogP contribution in [0.5, 0.6) is 0 Å². The average Bonchev–Trinajstić information content (AvgIpc) is 3.53. The summed E-state index contributed by atoms with van der Waals surface area (Å²) in [5.74, 6) is 2.09. The Labute approximate surface area is 213 Å². The highest BCUT2D eigenvalue weighted by Crippen LogP contribution is 2.42. The zero-order valence-corrected chi connectivity index (χ0v) is 22.0. The molecule has 0 spiro atoms. The summed E-state index contributed by atoms with van der Waals surface area (Å²) in [4.78, 5) is 15.8. The third kappa shape index (κ3) is 6.13. The van der Waals surface area contributed by atoms with Crippen molar-refractivity contribution in [2.75, 3.05) is 62.7 Å². The van der Waals surface area contributed by atoms with E-state index in [4.69, 9.17) is 14.7 Å². The van der Waals surface area contributed by atoms with Gasteiger partial charge in [-0.1, -0.05) is 55.5 Å². The molecule has 7 heteroatoms. The Balaban J connectivity index is 1.22. The number of ether oxygens (including phenoxy) is 1. The zero-order valence-electron chi connectivity index (χ0n) is 21.2. The van der Waals surface area contributed by atoms with E-state index >= 15 is 0 Å². The Morgan fingerprint density at radius 1 is 1.09 bits per heavy atom. The third-order valence-corrected chi connectivity index (χ3v) is 8.23. The van der Waals surface area contributed by atoms with Gasteiger partial charge in [-0.25, -0.2) is 9.97 Å². The van der Waals surface area contributed by atoms with Gasteiger partial charge in [-0.05, 0) is 56.2 Å². The molecule has 188 valence electrons. The van der Waals surface area contributed by atoms with Crippen molar-refractivity contribution in [3.63, 3.8) is 0 Å². The van der Waals surface area contributed by atoms with Gasteiger partial charge in [-0.15, -0.1) is 0 Å². The minimum atomic E-state index is 0.580. The molecule has 35 heavy (non-hydrogen) atoms. The normalized spacial score (nSPS) is 17.6. The topological polar surface area (TPSA) is 53.5 Å². The van der Waals surface area contributed by atoms with Gasteiger partial charge in [0.15, 0.2) is 0 Å². The van der Waals surface area contributed by atoms with Crippen molar-refractivity contribution in [1.29, 1.82) is 0 Å². The van der Waals surface area contributed by atoms with Crippen LogP contribution in [-0.4, -0.2) is 67.4 Å². The van der Waals surface area contributed by atoms with Gasteiger partial charge in [0, 0.05) is 49.9 Å². The quantitative estimate of drug-likeness (QED) is 0.363. The van der Waals surface area contributed by atoms with E-state index < -0.39 is 0 Å². The third-order valence-electron chi connectivity index (χ3n) is 7.17. The number of hydrogen-bond donors (Lipinski definition) is 1. The molecular formula is C28H39N5OS. The predicted octanol–water partition coefficient (Wildman–Crippen LogP) is 5.76. The molecule has 0 unspecified atom stereocenters. The van der Waals surface area contributed by atoms with Crippen LogP contribution in [0.1, 0.15) is 39.5 Å². The molecule has 1 N–H and O–H groups in total. The second kappa shape index (κ2) is 11.7. The minimum Gasteiger partial charge on any atom is -0.380 e. The molecule has 2 aliphatic rings.